The molecule has 166 valence electrons. The van der Waals surface area contributed by atoms with Crippen LogP contribution in [0.3, 0.4) is 0 Å². The highest BCUT2D eigenvalue weighted by molar-refractivity contribution is 6.01. The number of allylic oxidation sites excluding steroid dienone is 1. The largest absolute Gasteiger partial charge is 0.497 e. The van der Waals surface area contributed by atoms with Crippen molar-refractivity contribution in [2.45, 2.75) is 26.3 Å². The Bertz CT molecular complexity index is 950. The van der Waals surface area contributed by atoms with Crippen molar-refractivity contribution in [1.82, 2.24) is 4.90 Å². The molecule has 0 atom stereocenters. The molecule has 2 heterocycles. The lowest BCUT2D eigenvalue weighted by Crippen LogP contribution is -2.55. The summed E-state index contributed by atoms with van der Waals surface area (Å²) in [6, 6.07) is 16.5. The second-order valence-corrected chi connectivity index (χ2v) is 8.69. The SMILES string of the molecule is COc1ccc2c(c1)N(C(=O)CN1CCN(c3ccccc3)CC1)C(C)(C)C=C2C.Cl. The van der Waals surface area contributed by atoms with Gasteiger partial charge >= 0.3 is 0 Å². The Morgan fingerprint density at radius 1 is 1.03 bits per heavy atom. The number of carbonyl (C=O) groups is 1. The first kappa shape index (κ1) is 23.2. The van der Waals surface area contributed by atoms with Crippen LogP contribution in [0.2, 0.25) is 0 Å². The fraction of sp³-hybridized carbons (Fsp3) is 0.400. The molecule has 2 aliphatic heterocycles. The Hall–Kier alpha value is -2.50. The van der Waals surface area contributed by atoms with Crippen molar-refractivity contribution >= 4 is 35.3 Å². The lowest BCUT2D eigenvalue weighted by Gasteiger charge is -2.43. The van der Waals surface area contributed by atoms with Crippen LogP contribution in [0.1, 0.15) is 26.3 Å². The van der Waals surface area contributed by atoms with Gasteiger partial charge in [-0.1, -0.05) is 24.3 Å². The molecule has 1 saturated heterocycles. The Balaban J connectivity index is 0.00000272. The number of nitrogens with zero attached hydrogens (tertiary/aromatic N) is 3. The Labute approximate surface area is 191 Å². The highest BCUT2D eigenvalue weighted by Crippen LogP contribution is 2.40. The van der Waals surface area contributed by atoms with Gasteiger partial charge in [0.1, 0.15) is 5.75 Å². The molecule has 0 aromatic heterocycles. The van der Waals surface area contributed by atoms with Crippen molar-refractivity contribution in [3.05, 3.63) is 60.2 Å². The van der Waals surface area contributed by atoms with Crippen LogP contribution in [-0.2, 0) is 4.79 Å². The Morgan fingerprint density at radius 3 is 2.35 bits per heavy atom. The Morgan fingerprint density at radius 2 is 1.71 bits per heavy atom. The van der Waals surface area contributed by atoms with Crippen LogP contribution in [-0.4, -0.2) is 56.2 Å². The van der Waals surface area contributed by atoms with Gasteiger partial charge in [0.2, 0.25) is 5.91 Å². The van der Waals surface area contributed by atoms with Crippen LogP contribution in [0.15, 0.2) is 54.6 Å². The third-order valence-corrected chi connectivity index (χ3v) is 6.12. The minimum atomic E-state index is -0.383. The standard InChI is InChI=1S/C25H31N3O2.ClH/c1-19-17-25(2,3)28(23-16-21(30-4)10-11-22(19)23)24(29)18-26-12-14-27(15-13-26)20-8-6-5-7-9-20;/h5-11,16-17H,12-15,18H2,1-4H3;1H. The number of rotatable bonds is 4. The summed E-state index contributed by atoms with van der Waals surface area (Å²) < 4.78 is 5.44. The number of fused-ring (bicyclic) bond motifs is 1. The first-order valence-corrected chi connectivity index (χ1v) is 10.6. The zero-order chi connectivity index (χ0) is 21.3. The predicted molar refractivity (Wildman–Crippen MR) is 131 cm³/mol. The maximum absolute atomic E-state index is 13.5. The van der Waals surface area contributed by atoms with Crippen LogP contribution in [0, 0.1) is 0 Å². The first-order chi connectivity index (χ1) is 14.4. The van der Waals surface area contributed by atoms with Crippen molar-refractivity contribution in [2.75, 3.05) is 49.6 Å². The van der Waals surface area contributed by atoms with Crippen molar-refractivity contribution in [2.24, 2.45) is 0 Å². The van der Waals surface area contributed by atoms with Gasteiger partial charge in [-0.05, 0) is 50.6 Å². The van der Waals surface area contributed by atoms with E-state index in [-0.39, 0.29) is 23.9 Å². The lowest BCUT2D eigenvalue weighted by atomic mass is 9.88. The van der Waals surface area contributed by atoms with Gasteiger partial charge in [0, 0.05) is 43.5 Å². The molecule has 2 aromatic carbocycles. The quantitative estimate of drug-likeness (QED) is 0.701. The number of anilines is 2. The smallest absolute Gasteiger partial charge is 0.241 e. The van der Waals surface area contributed by atoms with E-state index in [2.05, 4.69) is 60.9 Å². The molecule has 2 aromatic rings. The maximum Gasteiger partial charge on any atom is 0.241 e. The van der Waals surface area contributed by atoms with E-state index >= 15 is 0 Å². The molecular formula is C25H32ClN3O2. The number of piperazine rings is 1. The number of benzene rings is 2. The number of para-hydroxylation sites is 1. The number of methoxy groups -OCH3 is 1. The average Bonchev–Trinajstić information content (AvgIpc) is 2.73. The fourth-order valence-corrected chi connectivity index (χ4v) is 4.66. The highest BCUT2D eigenvalue weighted by atomic mass is 35.5. The highest BCUT2D eigenvalue weighted by Gasteiger charge is 2.36. The third kappa shape index (κ3) is 4.73. The van der Waals surface area contributed by atoms with E-state index in [9.17, 15) is 4.79 Å². The van der Waals surface area contributed by atoms with Crippen molar-refractivity contribution in [3.63, 3.8) is 0 Å². The summed E-state index contributed by atoms with van der Waals surface area (Å²) in [4.78, 5) is 20.1. The van der Waals surface area contributed by atoms with Crippen molar-refractivity contribution in [3.8, 4) is 5.75 Å². The molecule has 0 N–H and O–H groups in total. The zero-order valence-electron chi connectivity index (χ0n) is 18.8. The van der Waals surface area contributed by atoms with Gasteiger partial charge in [0.05, 0.1) is 24.9 Å². The summed E-state index contributed by atoms with van der Waals surface area (Å²) in [5, 5.41) is 0. The van der Waals surface area contributed by atoms with Crippen molar-refractivity contribution in [1.29, 1.82) is 0 Å². The van der Waals surface area contributed by atoms with Gasteiger partial charge in [0.15, 0.2) is 0 Å². The molecule has 4 rings (SSSR count). The van der Waals surface area contributed by atoms with E-state index in [0.29, 0.717) is 6.54 Å². The number of hydrogen-bond donors (Lipinski definition) is 0. The zero-order valence-corrected chi connectivity index (χ0v) is 19.6. The maximum atomic E-state index is 13.5. The van der Waals surface area contributed by atoms with Crippen LogP contribution >= 0.6 is 12.4 Å². The summed E-state index contributed by atoms with van der Waals surface area (Å²) in [5.74, 6) is 0.903. The minimum absolute atomic E-state index is 0. The topological polar surface area (TPSA) is 36.0 Å². The molecule has 31 heavy (non-hydrogen) atoms. The second-order valence-electron chi connectivity index (χ2n) is 8.69. The van der Waals surface area contributed by atoms with E-state index in [1.165, 1.54) is 11.3 Å². The molecule has 6 heteroatoms. The van der Waals surface area contributed by atoms with E-state index in [0.717, 1.165) is 43.2 Å². The van der Waals surface area contributed by atoms with E-state index in [1.54, 1.807) is 7.11 Å². The van der Waals surface area contributed by atoms with Crippen LogP contribution in [0.25, 0.3) is 5.57 Å². The molecule has 0 saturated carbocycles. The summed E-state index contributed by atoms with van der Waals surface area (Å²) in [7, 11) is 1.66. The van der Waals surface area contributed by atoms with Crippen LogP contribution in [0.5, 0.6) is 5.75 Å². The van der Waals surface area contributed by atoms with E-state index in [1.807, 2.05) is 29.2 Å². The second kappa shape index (κ2) is 9.33. The first-order valence-electron chi connectivity index (χ1n) is 10.6. The van der Waals surface area contributed by atoms with Gasteiger partial charge in [-0.2, -0.15) is 0 Å². The van der Waals surface area contributed by atoms with Crippen LogP contribution in [0.4, 0.5) is 11.4 Å². The summed E-state index contributed by atoms with van der Waals surface area (Å²) in [5.41, 5.74) is 4.09. The molecule has 1 fully saturated rings. The van der Waals surface area contributed by atoms with Gasteiger partial charge in [-0.3, -0.25) is 9.69 Å². The molecule has 0 aliphatic carbocycles. The molecule has 0 unspecified atom stereocenters. The third-order valence-electron chi connectivity index (χ3n) is 6.12. The molecule has 0 radical (unpaired) electrons. The Kier molecular flexibility index (Phi) is 6.97. The number of carbonyl (C=O) groups excluding carboxylic acids is 1. The minimum Gasteiger partial charge on any atom is -0.497 e. The summed E-state index contributed by atoms with van der Waals surface area (Å²) >= 11 is 0. The monoisotopic (exact) mass is 441 g/mol. The molecule has 2 aliphatic rings. The van der Waals surface area contributed by atoms with E-state index < -0.39 is 0 Å². The van der Waals surface area contributed by atoms with E-state index in [4.69, 9.17) is 4.74 Å². The normalized spacial score (nSPS) is 18.0. The molecule has 0 bridgehead atoms. The number of amides is 1. The fourth-order valence-electron chi connectivity index (χ4n) is 4.66. The average molecular weight is 442 g/mol. The number of ether oxygens (including phenoxy) is 1. The summed E-state index contributed by atoms with van der Waals surface area (Å²) in [6.07, 6.45) is 2.19. The van der Waals surface area contributed by atoms with Crippen molar-refractivity contribution < 1.29 is 9.53 Å². The number of hydrogen-bond acceptors (Lipinski definition) is 4. The lowest BCUT2D eigenvalue weighted by molar-refractivity contribution is -0.120. The molecule has 5 nitrogen and oxygen atoms in total. The number of halogens is 1. The summed E-state index contributed by atoms with van der Waals surface area (Å²) in [6.45, 7) is 10.4. The van der Waals surface area contributed by atoms with Gasteiger partial charge in [-0.15, -0.1) is 12.4 Å². The van der Waals surface area contributed by atoms with Gasteiger partial charge < -0.3 is 14.5 Å². The predicted octanol–water partition coefficient (Wildman–Crippen LogP) is 4.47. The van der Waals surface area contributed by atoms with Gasteiger partial charge in [-0.25, -0.2) is 0 Å². The van der Waals surface area contributed by atoms with Crippen LogP contribution < -0.4 is 14.5 Å². The van der Waals surface area contributed by atoms with Gasteiger partial charge in [0.25, 0.3) is 0 Å². The molecule has 0 spiro atoms. The molecule has 1 amide bonds. The molecular weight excluding hydrogens is 410 g/mol.